The maximum Gasteiger partial charge on any atom is 0.275 e. The maximum absolute atomic E-state index is 13.7. The van der Waals surface area contributed by atoms with Gasteiger partial charge in [-0.05, 0) is 17.7 Å². The van der Waals surface area contributed by atoms with Gasteiger partial charge in [0.15, 0.2) is 0 Å². The van der Waals surface area contributed by atoms with Crippen LogP contribution in [0.15, 0.2) is 36.4 Å². The first-order valence-corrected chi connectivity index (χ1v) is 4.92. The third-order valence-corrected chi connectivity index (χ3v) is 2.39. The Hall–Kier alpha value is -2.50. The summed E-state index contributed by atoms with van der Waals surface area (Å²) in [6.07, 6.45) is 0. The van der Waals surface area contributed by atoms with Crippen LogP contribution < -0.4 is 0 Å². The number of halogens is 2. The monoisotopic (exact) mass is 251 g/mol. The second-order valence-electron chi connectivity index (χ2n) is 3.59. The van der Waals surface area contributed by atoms with E-state index in [1.165, 1.54) is 24.3 Å². The number of non-ortho nitro benzene ring substituents is 1. The Morgan fingerprint density at radius 3 is 2.00 bits per heavy atom. The molecular formula is C12H7F2NO3. The Bertz CT molecular complexity index is 588. The minimum atomic E-state index is -1.02. The summed E-state index contributed by atoms with van der Waals surface area (Å²) in [6, 6.07) is 6.51. The van der Waals surface area contributed by atoms with Crippen molar-refractivity contribution >= 4 is 5.69 Å². The molecule has 0 aromatic heterocycles. The van der Waals surface area contributed by atoms with Gasteiger partial charge >= 0.3 is 0 Å². The van der Waals surface area contributed by atoms with E-state index in [1.807, 2.05) is 0 Å². The lowest BCUT2D eigenvalue weighted by atomic mass is 10.0. The van der Waals surface area contributed by atoms with Crippen molar-refractivity contribution in [1.29, 1.82) is 0 Å². The third kappa shape index (κ3) is 2.13. The highest BCUT2D eigenvalue weighted by atomic mass is 19.1. The lowest BCUT2D eigenvalue weighted by molar-refractivity contribution is -0.385. The number of hydrogen-bond acceptors (Lipinski definition) is 3. The SMILES string of the molecule is O=[N+]([O-])c1cc(F)c(-c2ccc(O)cc2)c(F)c1. The first-order chi connectivity index (χ1) is 8.49. The highest BCUT2D eigenvalue weighted by Gasteiger charge is 2.18. The van der Waals surface area contributed by atoms with Crippen LogP contribution in [0, 0.1) is 21.7 Å². The molecule has 2 rings (SSSR count). The molecule has 0 saturated heterocycles. The van der Waals surface area contributed by atoms with Gasteiger partial charge in [0.05, 0.1) is 22.6 Å². The van der Waals surface area contributed by atoms with Gasteiger partial charge in [0.1, 0.15) is 17.4 Å². The number of nitro benzene ring substituents is 1. The van der Waals surface area contributed by atoms with Crippen molar-refractivity contribution in [3.05, 3.63) is 58.1 Å². The van der Waals surface area contributed by atoms with Crippen molar-refractivity contribution in [2.24, 2.45) is 0 Å². The largest absolute Gasteiger partial charge is 0.508 e. The molecule has 0 bridgehead atoms. The van der Waals surface area contributed by atoms with Crippen LogP contribution >= 0.6 is 0 Å². The number of aromatic hydroxyl groups is 1. The van der Waals surface area contributed by atoms with Gasteiger partial charge in [-0.25, -0.2) is 8.78 Å². The molecule has 0 saturated carbocycles. The van der Waals surface area contributed by atoms with E-state index < -0.39 is 22.2 Å². The van der Waals surface area contributed by atoms with Crippen LogP contribution in [-0.2, 0) is 0 Å². The summed E-state index contributed by atoms with van der Waals surface area (Å²) < 4.78 is 27.3. The molecule has 2 aromatic rings. The minimum Gasteiger partial charge on any atom is -0.508 e. The summed E-state index contributed by atoms with van der Waals surface area (Å²) in [7, 11) is 0. The molecule has 0 amide bonds. The van der Waals surface area contributed by atoms with Crippen LogP contribution in [0.25, 0.3) is 11.1 Å². The number of benzene rings is 2. The summed E-state index contributed by atoms with van der Waals surface area (Å²) in [4.78, 5) is 9.57. The van der Waals surface area contributed by atoms with Crippen molar-refractivity contribution in [1.82, 2.24) is 0 Å². The minimum absolute atomic E-state index is 0.0403. The van der Waals surface area contributed by atoms with Gasteiger partial charge in [-0.2, -0.15) is 0 Å². The van der Waals surface area contributed by atoms with Crippen molar-refractivity contribution in [2.75, 3.05) is 0 Å². The zero-order chi connectivity index (χ0) is 13.3. The summed E-state index contributed by atoms with van der Waals surface area (Å²) in [5, 5.41) is 19.5. The van der Waals surface area contributed by atoms with Crippen LogP contribution in [0.5, 0.6) is 5.75 Å². The van der Waals surface area contributed by atoms with E-state index in [-0.39, 0.29) is 16.9 Å². The maximum atomic E-state index is 13.7. The second-order valence-corrected chi connectivity index (χ2v) is 3.59. The summed E-state index contributed by atoms with van der Waals surface area (Å²) in [6.45, 7) is 0. The number of nitro groups is 1. The molecule has 2 aromatic carbocycles. The van der Waals surface area contributed by atoms with Crippen molar-refractivity contribution in [3.63, 3.8) is 0 Å². The molecule has 4 nitrogen and oxygen atoms in total. The molecule has 0 unspecified atom stereocenters. The van der Waals surface area contributed by atoms with Crippen LogP contribution in [0.4, 0.5) is 14.5 Å². The molecule has 0 atom stereocenters. The molecule has 0 aliphatic heterocycles. The number of hydrogen-bond donors (Lipinski definition) is 1. The van der Waals surface area contributed by atoms with E-state index in [2.05, 4.69) is 0 Å². The second kappa shape index (κ2) is 4.40. The quantitative estimate of drug-likeness (QED) is 0.658. The average Bonchev–Trinajstić information content (AvgIpc) is 2.30. The van der Waals surface area contributed by atoms with E-state index in [9.17, 15) is 18.9 Å². The highest BCUT2D eigenvalue weighted by molar-refractivity contribution is 5.67. The van der Waals surface area contributed by atoms with E-state index in [1.54, 1.807) is 0 Å². The molecule has 18 heavy (non-hydrogen) atoms. The Morgan fingerprint density at radius 2 is 1.56 bits per heavy atom. The lowest BCUT2D eigenvalue weighted by Gasteiger charge is -2.05. The number of phenolic OH excluding ortho intramolecular Hbond substituents is 1. The molecule has 0 spiro atoms. The predicted octanol–water partition coefficient (Wildman–Crippen LogP) is 3.25. The Labute approximate surface area is 100 Å². The fraction of sp³-hybridized carbons (Fsp3) is 0. The van der Waals surface area contributed by atoms with Gasteiger partial charge in [0.2, 0.25) is 0 Å². The van der Waals surface area contributed by atoms with E-state index in [0.717, 1.165) is 0 Å². The molecule has 0 aliphatic rings. The standard InChI is InChI=1S/C12H7F2NO3/c13-10-5-8(15(17)18)6-11(14)12(10)7-1-3-9(16)4-2-7/h1-6,16H. The molecule has 0 aliphatic carbocycles. The topological polar surface area (TPSA) is 63.4 Å². The van der Waals surface area contributed by atoms with Gasteiger partial charge in [-0.1, -0.05) is 12.1 Å². The number of rotatable bonds is 2. The van der Waals surface area contributed by atoms with Crippen LogP contribution in [0.2, 0.25) is 0 Å². The molecule has 1 N–H and O–H groups in total. The van der Waals surface area contributed by atoms with Crippen molar-refractivity contribution < 1.29 is 18.8 Å². The van der Waals surface area contributed by atoms with Crippen LogP contribution in [-0.4, -0.2) is 10.0 Å². The lowest BCUT2D eigenvalue weighted by Crippen LogP contribution is -1.95. The Morgan fingerprint density at radius 1 is 1.06 bits per heavy atom. The zero-order valence-electron chi connectivity index (χ0n) is 8.93. The van der Waals surface area contributed by atoms with E-state index in [0.29, 0.717) is 12.1 Å². The van der Waals surface area contributed by atoms with Gasteiger partial charge < -0.3 is 5.11 Å². The molecular weight excluding hydrogens is 244 g/mol. The first kappa shape index (κ1) is 12.0. The summed E-state index contributed by atoms with van der Waals surface area (Å²) in [5.74, 6) is -2.08. The van der Waals surface area contributed by atoms with Gasteiger partial charge in [-0.15, -0.1) is 0 Å². The average molecular weight is 251 g/mol. The van der Waals surface area contributed by atoms with E-state index in [4.69, 9.17) is 5.11 Å². The van der Waals surface area contributed by atoms with Crippen molar-refractivity contribution in [3.8, 4) is 16.9 Å². The van der Waals surface area contributed by atoms with Gasteiger partial charge in [0.25, 0.3) is 5.69 Å². The fourth-order valence-electron chi connectivity index (χ4n) is 1.57. The highest BCUT2D eigenvalue weighted by Crippen LogP contribution is 2.30. The van der Waals surface area contributed by atoms with Gasteiger partial charge in [-0.3, -0.25) is 10.1 Å². The predicted molar refractivity (Wildman–Crippen MR) is 60.1 cm³/mol. The van der Waals surface area contributed by atoms with Crippen LogP contribution in [0.1, 0.15) is 0 Å². The van der Waals surface area contributed by atoms with Gasteiger partial charge in [0, 0.05) is 0 Å². The third-order valence-electron chi connectivity index (χ3n) is 2.39. The fourth-order valence-corrected chi connectivity index (χ4v) is 1.57. The molecule has 0 radical (unpaired) electrons. The normalized spacial score (nSPS) is 10.3. The molecule has 6 heteroatoms. The smallest absolute Gasteiger partial charge is 0.275 e. The summed E-state index contributed by atoms with van der Waals surface area (Å²) in [5.41, 5.74) is -0.814. The summed E-state index contributed by atoms with van der Waals surface area (Å²) >= 11 is 0. The Balaban J connectivity index is 2.58. The molecule has 0 fully saturated rings. The van der Waals surface area contributed by atoms with Crippen molar-refractivity contribution in [2.45, 2.75) is 0 Å². The number of nitrogens with zero attached hydrogens (tertiary/aromatic N) is 1. The zero-order valence-corrected chi connectivity index (χ0v) is 8.93. The van der Waals surface area contributed by atoms with E-state index >= 15 is 0 Å². The molecule has 0 heterocycles. The number of phenols is 1. The van der Waals surface area contributed by atoms with Crippen LogP contribution in [0.3, 0.4) is 0 Å². The Kier molecular flexibility index (Phi) is 2.93. The molecule has 92 valence electrons. The first-order valence-electron chi connectivity index (χ1n) is 4.92.